The van der Waals surface area contributed by atoms with E-state index in [1.54, 1.807) is 47.9 Å². The van der Waals surface area contributed by atoms with Crippen molar-refractivity contribution in [2.45, 2.75) is 30.4 Å². The third-order valence-electron chi connectivity index (χ3n) is 6.53. The second-order valence-electron chi connectivity index (χ2n) is 9.03. The van der Waals surface area contributed by atoms with E-state index in [-0.39, 0.29) is 15.7 Å². The number of sulfonamides is 1. The van der Waals surface area contributed by atoms with E-state index < -0.39 is 15.4 Å². The van der Waals surface area contributed by atoms with Gasteiger partial charge in [-0.1, -0.05) is 62.4 Å². The zero-order valence-electron chi connectivity index (χ0n) is 19.8. The van der Waals surface area contributed by atoms with Crippen molar-refractivity contribution < 1.29 is 13.2 Å². The van der Waals surface area contributed by atoms with Crippen LogP contribution in [0.4, 0.5) is 11.4 Å². The van der Waals surface area contributed by atoms with Gasteiger partial charge in [0.15, 0.2) is 5.78 Å². The number of ketones is 1. The minimum atomic E-state index is -3.77. The van der Waals surface area contributed by atoms with Gasteiger partial charge in [0.05, 0.1) is 5.69 Å². The Kier molecular flexibility index (Phi) is 5.77. The molecule has 0 aliphatic carbocycles. The summed E-state index contributed by atoms with van der Waals surface area (Å²) in [7, 11) is -3.77. The molecule has 4 aromatic rings. The number of nitrogens with zero attached hydrogens (tertiary/aromatic N) is 1. The van der Waals surface area contributed by atoms with E-state index in [9.17, 15) is 13.2 Å². The summed E-state index contributed by atoms with van der Waals surface area (Å²) in [6, 6.07) is 22.5. The SMILES string of the molecule is CCN1C(=CC(=O)c2ccccc2NS(=O)(=O)c2cccs2)C(C)(C)c2c1ccc1ccccc21. The highest BCUT2D eigenvalue weighted by Gasteiger charge is 2.41. The molecular formula is C28H26N2O3S2. The minimum absolute atomic E-state index is 0.203. The number of fused-ring (bicyclic) bond motifs is 3. The summed E-state index contributed by atoms with van der Waals surface area (Å²) in [5.74, 6) is -0.242. The molecule has 1 N–H and O–H groups in total. The third kappa shape index (κ3) is 3.94. The lowest BCUT2D eigenvalue weighted by Gasteiger charge is -2.26. The molecule has 0 spiro atoms. The molecule has 0 saturated carbocycles. The lowest BCUT2D eigenvalue weighted by Crippen LogP contribution is -2.27. The van der Waals surface area contributed by atoms with Gasteiger partial charge in [-0.05, 0) is 52.9 Å². The molecule has 178 valence electrons. The van der Waals surface area contributed by atoms with Gasteiger partial charge in [0.25, 0.3) is 10.0 Å². The number of para-hydroxylation sites is 1. The number of anilines is 2. The molecule has 1 aromatic heterocycles. The van der Waals surface area contributed by atoms with E-state index in [2.05, 4.69) is 54.7 Å². The molecule has 35 heavy (non-hydrogen) atoms. The Balaban J connectivity index is 1.58. The maximum absolute atomic E-state index is 13.6. The van der Waals surface area contributed by atoms with Crippen LogP contribution in [0.1, 0.15) is 36.7 Å². The van der Waals surface area contributed by atoms with Gasteiger partial charge in [-0.3, -0.25) is 9.52 Å². The van der Waals surface area contributed by atoms with Crippen LogP contribution in [0.15, 0.2) is 94.2 Å². The summed E-state index contributed by atoms with van der Waals surface area (Å²) >= 11 is 1.13. The van der Waals surface area contributed by atoms with E-state index in [1.807, 2.05) is 12.1 Å². The molecule has 7 heteroatoms. The van der Waals surface area contributed by atoms with Crippen molar-refractivity contribution in [2.75, 3.05) is 16.2 Å². The Hall–Kier alpha value is -3.42. The van der Waals surface area contributed by atoms with Crippen LogP contribution in [0.5, 0.6) is 0 Å². The standard InChI is InChI=1S/C28H26N2O3S2/c1-4-30-23-16-15-19-10-5-6-11-20(19)27(23)28(2,3)25(30)18-24(31)21-12-7-8-13-22(21)29-35(32,33)26-14-9-17-34-26/h5-18,29H,4H2,1-3H3. The summed E-state index contributed by atoms with van der Waals surface area (Å²) in [5, 5.41) is 4.04. The van der Waals surface area contributed by atoms with E-state index in [1.165, 1.54) is 10.9 Å². The van der Waals surface area contributed by atoms with Crippen LogP contribution in [0.2, 0.25) is 0 Å². The van der Waals surface area contributed by atoms with Crippen molar-refractivity contribution in [3.63, 3.8) is 0 Å². The van der Waals surface area contributed by atoms with Gasteiger partial charge in [-0.15, -0.1) is 11.3 Å². The van der Waals surface area contributed by atoms with E-state index in [0.29, 0.717) is 12.1 Å². The monoisotopic (exact) mass is 502 g/mol. The maximum atomic E-state index is 13.6. The Morgan fingerprint density at radius 1 is 1.00 bits per heavy atom. The van der Waals surface area contributed by atoms with Crippen LogP contribution in [0.25, 0.3) is 10.8 Å². The number of nitrogens with one attached hydrogen (secondary N) is 1. The van der Waals surface area contributed by atoms with Crippen LogP contribution < -0.4 is 9.62 Å². The second kappa shape index (κ2) is 8.66. The fraction of sp³-hybridized carbons (Fsp3) is 0.179. The largest absolute Gasteiger partial charge is 0.344 e. The lowest BCUT2D eigenvalue weighted by atomic mass is 9.80. The Morgan fingerprint density at radius 2 is 1.74 bits per heavy atom. The van der Waals surface area contributed by atoms with Crippen molar-refractivity contribution in [1.29, 1.82) is 0 Å². The molecular weight excluding hydrogens is 476 g/mol. The molecule has 0 unspecified atom stereocenters. The first-order valence-corrected chi connectivity index (χ1v) is 13.8. The summed E-state index contributed by atoms with van der Waals surface area (Å²) in [6.07, 6.45) is 1.66. The van der Waals surface area contributed by atoms with Gasteiger partial charge in [0.2, 0.25) is 0 Å². The molecule has 1 aliphatic rings. The maximum Gasteiger partial charge on any atom is 0.271 e. The molecule has 0 bridgehead atoms. The zero-order valence-corrected chi connectivity index (χ0v) is 21.4. The van der Waals surface area contributed by atoms with Gasteiger partial charge in [0, 0.05) is 35.0 Å². The molecule has 3 aromatic carbocycles. The predicted molar refractivity (Wildman–Crippen MR) is 144 cm³/mol. The molecule has 5 nitrogen and oxygen atoms in total. The highest BCUT2D eigenvalue weighted by Crippen LogP contribution is 2.50. The predicted octanol–water partition coefficient (Wildman–Crippen LogP) is 6.59. The summed E-state index contributed by atoms with van der Waals surface area (Å²) in [5.41, 5.74) is 3.36. The number of carbonyl (C=O) groups is 1. The zero-order chi connectivity index (χ0) is 24.8. The molecule has 1 aliphatic heterocycles. The molecule has 0 fully saturated rings. The summed E-state index contributed by atoms with van der Waals surface area (Å²) in [6.45, 7) is 7.05. The number of carbonyl (C=O) groups excluding carboxylic acids is 1. The number of benzene rings is 3. The van der Waals surface area contributed by atoms with Crippen LogP contribution in [0.3, 0.4) is 0 Å². The first-order chi connectivity index (χ1) is 16.7. The molecule has 0 radical (unpaired) electrons. The number of thiophene rings is 1. The van der Waals surface area contributed by atoms with Gasteiger partial charge in [0.1, 0.15) is 4.21 Å². The fourth-order valence-corrected chi connectivity index (χ4v) is 7.01. The van der Waals surface area contributed by atoms with Gasteiger partial charge in [-0.25, -0.2) is 8.42 Å². The van der Waals surface area contributed by atoms with Crippen molar-refractivity contribution in [1.82, 2.24) is 0 Å². The van der Waals surface area contributed by atoms with Crippen LogP contribution in [0, 0.1) is 0 Å². The van der Waals surface area contributed by atoms with Gasteiger partial charge in [-0.2, -0.15) is 0 Å². The van der Waals surface area contributed by atoms with E-state index in [4.69, 9.17) is 0 Å². The van der Waals surface area contributed by atoms with Crippen LogP contribution in [-0.2, 0) is 15.4 Å². The van der Waals surface area contributed by atoms with Crippen molar-refractivity contribution >= 4 is 49.3 Å². The lowest BCUT2D eigenvalue weighted by molar-refractivity contribution is 0.104. The quantitative estimate of drug-likeness (QED) is 0.239. The van der Waals surface area contributed by atoms with Crippen molar-refractivity contribution in [3.05, 3.63) is 101 Å². The topological polar surface area (TPSA) is 66.5 Å². The number of hydrogen-bond acceptors (Lipinski definition) is 5. The average Bonchev–Trinajstić information content (AvgIpc) is 3.46. The Labute approximate surface area is 209 Å². The summed E-state index contributed by atoms with van der Waals surface area (Å²) < 4.78 is 28.4. The first-order valence-electron chi connectivity index (χ1n) is 11.5. The van der Waals surface area contributed by atoms with Gasteiger partial charge < -0.3 is 4.90 Å². The average molecular weight is 503 g/mol. The fourth-order valence-electron chi connectivity index (χ4n) is 4.94. The second-order valence-corrected chi connectivity index (χ2v) is 11.9. The van der Waals surface area contributed by atoms with Crippen LogP contribution in [-0.4, -0.2) is 20.7 Å². The number of likely N-dealkylation sites (N-methyl/N-ethyl adjacent to an activating group) is 1. The number of hydrogen-bond donors (Lipinski definition) is 1. The highest BCUT2D eigenvalue weighted by atomic mass is 32.2. The van der Waals surface area contributed by atoms with E-state index in [0.717, 1.165) is 28.1 Å². The molecule has 0 saturated heterocycles. The van der Waals surface area contributed by atoms with Crippen LogP contribution >= 0.6 is 11.3 Å². The molecule has 0 amide bonds. The third-order valence-corrected chi connectivity index (χ3v) is 9.30. The van der Waals surface area contributed by atoms with Crippen molar-refractivity contribution in [2.24, 2.45) is 0 Å². The number of rotatable bonds is 6. The van der Waals surface area contributed by atoms with E-state index >= 15 is 0 Å². The minimum Gasteiger partial charge on any atom is -0.344 e. The normalized spacial score (nSPS) is 16.0. The van der Waals surface area contributed by atoms with Crippen molar-refractivity contribution in [3.8, 4) is 0 Å². The molecule has 0 atom stereocenters. The highest BCUT2D eigenvalue weighted by molar-refractivity contribution is 7.94. The first kappa shape index (κ1) is 23.3. The Bertz CT molecular complexity index is 1570. The van der Waals surface area contributed by atoms with Gasteiger partial charge >= 0.3 is 0 Å². The smallest absolute Gasteiger partial charge is 0.271 e. The molecule has 5 rings (SSSR count). The summed E-state index contributed by atoms with van der Waals surface area (Å²) in [4.78, 5) is 15.8. The number of allylic oxidation sites excluding steroid dienone is 2. The Morgan fingerprint density at radius 3 is 2.49 bits per heavy atom. The molecule has 2 heterocycles.